The predicted octanol–water partition coefficient (Wildman–Crippen LogP) is 2.52. The van der Waals surface area contributed by atoms with Crippen LogP contribution in [0.5, 0.6) is 23.0 Å². The van der Waals surface area contributed by atoms with Crippen LogP contribution in [0.1, 0.15) is 11.1 Å². The molecule has 0 aliphatic carbocycles. The lowest BCUT2D eigenvalue weighted by molar-refractivity contribution is 0.171. The predicted molar refractivity (Wildman–Crippen MR) is 85.4 cm³/mol. The SMILES string of the molecule is c1cc2c(cc1CNCc1ccc3c(c1)OCCO3)OCCO2. The van der Waals surface area contributed by atoms with Gasteiger partial charge in [0.2, 0.25) is 0 Å². The molecule has 5 nitrogen and oxygen atoms in total. The number of ether oxygens (including phenoxy) is 4. The van der Waals surface area contributed by atoms with Crippen LogP contribution in [0, 0.1) is 0 Å². The van der Waals surface area contributed by atoms with E-state index in [0.717, 1.165) is 36.1 Å². The van der Waals surface area contributed by atoms with Gasteiger partial charge >= 0.3 is 0 Å². The summed E-state index contributed by atoms with van der Waals surface area (Å²) in [5, 5.41) is 3.44. The van der Waals surface area contributed by atoms with E-state index in [0.29, 0.717) is 26.4 Å². The molecule has 0 amide bonds. The second-order valence-electron chi connectivity index (χ2n) is 5.56. The zero-order chi connectivity index (χ0) is 15.5. The number of nitrogens with one attached hydrogen (secondary N) is 1. The van der Waals surface area contributed by atoms with Gasteiger partial charge in [0.1, 0.15) is 26.4 Å². The Kier molecular flexibility index (Phi) is 3.94. The number of fused-ring (bicyclic) bond motifs is 2. The number of benzene rings is 2. The second kappa shape index (κ2) is 6.38. The Morgan fingerprint density at radius 2 is 1.04 bits per heavy atom. The normalized spacial score (nSPS) is 15.3. The maximum absolute atomic E-state index is 5.61. The third-order valence-corrected chi connectivity index (χ3v) is 3.87. The molecule has 2 aliphatic rings. The monoisotopic (exact) mass is 313 g/mol. The zero-order valence-electron chi connectivity index (χ0n) is 12.8. The maximum atomic E-state index is 5.61. The van der Waals surface area contributed by atoms with Crippen molar-refractivity contribution < 1.29 is 18.9 Å². The maximum Gasteiger partial charge on any atom is 0.161 e. The van der Waals surface area contributed by atoms with Crippen molar-refractivity contribution in [1.82, 2.24) is 5.32 Å². The van der Waals surface area contributed by atoms with Crippen molar-refractivity contribution in [3.63, 3.8) is 0 Å². The van der Waals surface area contributed by atoms with Gasteiger partial charge in [-0.25, -0.2) is 0 Å². The highest BCUT2D eigenvalue weighted by molar-refractivity contribution is 5.44. The van der Waals surface area contributed by atoms with Gasteiger partial charge in [-0.1, -0.05) is 12.1 Å². The highest BCUT2D eigenvalue weighted by Crippen LogP contribution is 2.31. The van der Waals surface area contributed by atoms with Gasteiger partial charge < -0.3 is 24.3 Å². The third-order valence-electron chi connectivity index (χ3n) is 3.87. The van der Waals surface area contributed by atoms with E-state index >= 15 is 0 Å². The van der Waals surface area contributed by atoms with Crippen molar-refractivity contribution in [2.75, 3.05) is 26.4 Å². The third kappa shape index (κ3) is 3.19. The Bertz CT molecular complexity index is 642. The van der Waals surface area contributed by atoms with Crippen molar-refractivity contribution in [3.8, 4) is 23.0 Å². The van der Waals surface area contributed by atoms with Gasteiger partial charge in [-0.2, -0.15) is 0 Å². The van der Waals surface area contributed by atoms with E-state index in [4.69, 9.17) is 18.9 Å². The van der Waals surface area contributed by atoms with E-state index < -0.39 is 0 Å². The summed E-state index contributed by atoms with van der Waals surface area (Å²) < 4.78 is 22.3. The number of rotatable bonds is 4. The molecule has 4 rings (SSSR count). The minimum atomic E-state index is 0.612. The molecule has 0 aromatic heterocycles. The van der Waals surface area contributed by atoms with E-state index in [1.165, 1.54) is 11.1 Å². The molecule has 23 heavy (non-hydrogen) atoms. The molecule has 5 heteroatoms. The summed E-state index contributed by atoms with van der Waals surface area (Å²) in [7, 11) is 0. The molecule has 2 heterocycles. The Labute approximate surface area is 135 Å². The van der Waals surface area contributed by atoms with Crippen LogP contribution in [0.4, 0.5) is 0 Å². The van der Waals surface area contributed by atoms with Crippen LogP contribution < -0.4 is 24.3 Å². The molecule has 120 valence electrons. The molecule has 0 saturated heterocycles. The molecule has 2 aromatic carbocycles. The summed E-state index contributed by atoms with van der Waals surface area (Å²) in [6, 6.07) is 12.1. The number of hydrogen-bond donors (Lipinski definition) is 1. The molecule has 1 N–H and O–H groups in total. The van der Waals surface area contributed by atoms with Crippen molar-refractivity contribution >= 4 is 0 Å². The summed E-state index contributed by atoms with van der Waals surface area (Å²) in [5.74, 6) is 3.31. The van der Waals surface area contributed by atoms with Gasteiger partial charge in [0.05, 0.1) is 0 Å². The van der Waals surface area contributed by atoms with Crippen molar-refractivity contribution in [1.29, 1.82) is 0 Å². The summed E-state index contributed by atoms with van der Waals surface area (Å²) in [6.07, 6.45) is 0. The van der Waals surface area contributed by atoms with E-state index in [1.54, 1.807) is 0 Å². The first-order valence-electron chi connectivity index (χ1n) is 7.86. The van der Waals surface area contributed by atoms with Crippen molar-refractivity contribution in [2.45, 2.75) is 13.1 Å². The first-order chi connectivity index (χ1) is 11.4. The van der Waals surface area contributed by atoms with Gasteiger partial charge in [-0.15, -0.1) is 0 Å². The smallest absolute Gasteiger partial charge is 0.161 e. The van der Waals surface area contributed by atoms with E-state index in [2.05, 4.69) is 17.4 Å². The molecule has 2 aliphatic heterocycles. The molecular formula is C18H19NO4. The van der Waals surface area contributed by atoms with Crippen LogP contribution in [-0.2, 0) is 13.1 Å². The molecule has 0 atom stereocenters. The van der Waals surface area contributed by atoms with E-state index in [9.17, 15) is 0 Å². The number of hydrogen-bond acceptors (Lipinski definition) is 5. The highest BCUT2D eigenvalue weighted by atomic mass is 16.6. The first kappa shape index (κ1) is 14.2. The van der Waals surface area contributed by atoms with Gasteiger partial charge in [0.25, 0.3) is 0 Å². The van der Waals surface area contributed by atoms with E-state index in [1.807, 2.05) is 24.3 Å². The van der Waals surface area contributed by atoms with Crippen molar-refractivity contribution in [3.05, 3.63) is 47.5 Å². The van der Waals surface area contributed by atoms with E-state index in [-0.39, 0.29) is 0 Å². The fourth-order valence-corrected chi connectivity index (χ4v) is 2.75. The fourth-order valence-electron chi connectivity index (χ4n) is 2.75. The molecular weight excluding hydrogens is 294 g/mol. The highest BCUT2D eigenvalue weighted by Gasteiger charge is 2.13. The lowest BCUT2D eigenvalue weighted by Gasteiger charge is -2.19. The van der Waals surface area contributed by atoms with Crippen LogP contribution in [0.15, 0.2) is 36.4 Å². The lowest BCUT2D eigenvalue weighted by Crippen LogP contribution is -2.17. The topological polar surface area (TPSA) is 49.0 Å². The van der Waals surface area contributed by atoms with Crippen LogP contribution >= 0.6 is 0 Å². The fraction of sp³-hybridized carbons (Fsp3) is 0.333. The molecule has 0 bridgehead atoms. The van der Waals surface area contributed by atoms with Gasteiger partial charge in [0, 0.05) is 13.1 Å². The molecule has 0 spiro atoms. The van der Waals surface area contributed by atoms with Gasteiger partial charge in [0.15, 0.2) is 23.0 Å². The average molecular weight is 313 g/mol. The molecule has 0 fully saturated rings. The largest absolute Gasteiger partial charge is 0.486 e. The minimum Gasteiger partial charge on any atom is -0.486 e. The summed E-state index contributed by atoms with van der Waals surface area (Å²) in [4.78, 5) is 0. The zero-order valence-corrected chi connectivity index (χ0v) is 12.8. The summed E-state index contributed by atoms with van der Waals surface area (Å²) in [6.45, 7) is 4.00. The lowest BCUT2D eigenvalue weighted by atomic mass is 10.1. The Balaban J connectivity index is 1.36. The molecule has 0 radical (unpaired) electrons. The molecule has 0 unspecified atom stereocenters. The van der Waals surface area contributed by atoms with Crippen LogP contribution in [0.3, 0.4) is 0 Å². The quantitative estimate of drug-likeness (QED) is 0.940. The minimum absolute atomic E-state index is 0.612. The first-order valence-corrected chi connectivity index (χ1v) is 7.86. The van der Waals surface area contributed by atoms with Gasteiger partial charge in [-0.3, -0.25) is 0 Å². The van der Waals surface area contributed by atoms with Gasteiger partial charge in [-0.05, 0) is 35.4 Å². The van der Waals surface area contributed by atoms with Crippen LogP contribution in [-0.4, -0.2) is 26.4 Å². The second-order valence-corrected chi connectivity index (χ2v) is 5.56. The summed E-state index contributed by atoms with van der Waals surface area (Å²) in [5.41, 5.74) is 2.35. The Morgan fingerprint density at radius 3 is 1.52 bits per heavy atom. The summed E-state index contributed by atoms with van der Waals surface area (Å²) >= 11 is 0. The Hall–Kier alpha value is -2.40. The standard InChI is InChI=1S/C18H19NO4/c1-3-15-17(22-7-5-20-15)9-13(1)11-19-12-14-2-4-16-18(10-14)23-8-6-21-16/h1-4,9-10,19H,5-8,11-12H2. The van der Waals surface area contributed by atoms with Crippen LogP contribution in [0.25, 0.3) is 0 Å². The Morgan fingerprint density at radius 1 is 0.609 bits per heavy atom. The van der Waals surface area contributed by atoms with Crippen LogP contribution in [0.2, 0.25) is 0 Å². The van der Waals surface area contributed by atoms with Crippen molar-refractivity contribution in [2.24, 2.45) is 0 Å². The average Bonchev–Trinajstić information content (AvgIpc) is 2.61. The molecule has 2 aromatic rings. The molecule has 0 saturated carbocycles.